The van der Waals surface area contributed by atoms with E-state index in [1.54, 1.807) is 14.2 Å². The molecule has 0 saturated heterocycles. The molecule has 148 valence electrons. The Hall–Kier alpha value is -2.53. The number of benzene rings is 2. The normalized spacial score (nSPS) is 21.7. The fourth-order valence-electron chi connectivity index (χ4n) is 4.46. The van der Waals surface area contributed by atoms with Gasteiger partial charge in [-0.3, -0.25) is 0 Å². The summed E-state index contributed by atoms with van der Waals surface area (Å²) in [5, 5.41) is 11.9. The quantitative estimate of drug-likeness (QED) is 0.823. The topological polar surface area (TPSA) is 44.9 Å². The molecule has 0 saturated carbocycles. The summed E-state index contributed by atoms with van der Waals surface area (Å²) in [5.41, 5.74) is 3.37. The molecule has 2 heterocycles. The lowest BCUT2D eigenvalue weighted by molar-refractivity contribution is -0.661. The van der Waals surface area contributed by atoms with Gasteiger partial charge in [-0.05, 0) is 62.1 Å². The second-order valence-electron chi connectivity index (χ2n) is 7.79. The monoisotopic (exact) mass is 381 g/mol. The molecule has 2 aliphatic rings. The van der Waals surface area contributed by atoms with Gasteiger partial charge in [-0.2, -0.15) is 0 Å². The Kier molecular flexibility index (Phi) is 4.79. The van der Waals surface area contributed by atoms with Gasteiger partial charge in [0.15, 0.2) is 18.0 Å². The van der Waals surface area contributed by atoms with E-state index in [2.05, 4.69) is 41.5 Å². The molecule has 2 aliphatic heterocycles. The molecule has 5 nitrogen and oxygen atoms in total. The lowest BCUT2D eigenvalue weighted by atomic mass is 10.0. The Labute approximate surface area is 166 Å². The van der Waals surface area contributed by atoms with Crippen LogP contribution in [0.4, 0.5) is 5.69 Å². The average molecular weight is 381 g/mol. The number of aryl methyl sites for hydroxylation is 2. The third-order valence-corrected chi connectivity index (χ3v) is 5.98. The zero-order valence-electron chi connectivity index (χ0n) is 17.2. The number of hydrogen-bond donors (Lipinski definition) is 1. The zero-order chi connectivity index (χ0) is 19.9. The molecular formula is C23H29N2O3+. The summed E-state index contributed by atoms with van der Waals surface area (Å²) in [7, 11) is 3.25. The van der Waals surface area contributed by atoms with Gasteiger partial charge >= 0.3 is 0 Å². The van der Waals surface area contributed by atoms with Crippen LogP contribution >= 0.6 is 0 Å². The number of nitrogens with zero attached hydrogens (tertiary/aromatic N) is 2. The van der Waals surface area contributed by atoms with Crippen molar-refractivity contribution < 1.29 is 19.2 Å². The van der Waals surface area contributed by atoms with Gasteiger partial charge in [0.05, 0.1) is 20.8 Å². The third-order valence-electron chi connectivity index (χ3n) is 5.98. The first-order chi connectivity index (χ1) is 13.5. The van der Waals surface area contributed by atoms with Gasteiger partial charge in [0.1, 0.15) is 5.69 Å². The molecule has 1 N–H and O–H groups in total. The van der Waals surface area contributed by atoms with E-state index in [-0.39, 0.29) is 0 Å². The maximum absolute atomic E-state index is 11.9. The van der Waals surface area contributed by atoms with Crippen molar-refractivity contribution in [1.82, 2.24) is 0 Å². The second kappa shape index (κ2) is 7.13. The molecular weight excluding hydrogens is 352 g/mol. The van der Waals surface area contributed by atoms with Crippen LogP contribution in [0, 0.1) is 13.8 Å². The minimum Gasteiger partial charge on any atom is -0.493 e. The molecule has 0 fully saturated rings. The molecule has 0 bridgehead atoms. The highest BCUT2D eigenvalue weighted by Gasteiger charge is 2.53. The molecule has 28 heavy (non-hydrogen) atoms. The maximum atomic E-state index is 11.9. The van der Waals surface area contributed by atoms with Crippen LogP contribution in [0.2, 0.25) is 0 Å². The van der Waals surface area contributed by atoms with Crippen molar-refractivity contribution in [2.75, 3.05) is 32.2 Å². The number of hydrogen-bond acceptors (Lipinski definition) is 4. The van der Waals surface area contributed by atoms with E-state index in [9.17, 15) is 5.11 Å². The molecule has 5 heteroatoms. The predicted octanol–water partition coefficient (Wildman–Crippen LogP) is 3.58. The molecule has 4 rings (SSSR count). The highest BCUT2D eigenvalue weighted by Crippen LogP contribution is 2.39. The van der Waals surface area contributed by atoms with E-state index < -0.39 is 5.72 Å². The van der Waals surface area contributed by atoms with E-state index in [1.165, 1.54) is 22.6 Å². The molecule has 0 radical (unpaired) electrons. The molecule has 0 aliphatic carbocycles. The van der Waals surface area contributed by atoms with Gasteiger partial charge in [0.2, 0.25) is 0 Å². The molecule has 0 unspecified atom stereocenters. The summed E-state index contributed by atoms with van der Waals surface area (Å²) in [6.45, 7) is 5.60. The minimum atomic E-state index is -1.09. The first kappa shape index (κ1) is 18.8. The lowest BCUT2D eigenvalue weighted by Crippen LogP contribution is -2.41. The summed E-state index contributed by atoms with van der Waals surface area (Å²) in [5.74, 6) is 2.51. The minimum absolute atomic E-state index is 0.502. The van der Waals surface area contributed by atoms with Crippen molar-refractivity contribution in [2.45, 2.75) is 38.8 Å². The second-order valence-corrected chi connectivity index (χ2v) is 7.79. The number of ether oxygens (including phenoxy) is 2. The summed E-state index contributed by atoms with van der Waals surface area (Å²) in [6.07, 6.45) is 3.21. The van der Waals surface area contributed by atoms with Crippen molar-refractivity contribution in [2.24, 2.45) is 0 Å². The van der Waals surface area contributed by atoms with Gasteiger partial charge < -0.3 is 14.6 Å². The number of β-amino-alcohol motifs (C(OH)–C–C–N with tert-alkyl or cyclic N) is 1. The van der Waals surface area contributed by atoms with Crippen molar-refractivity contribution in [3.63, 3.8) is 0 Å². The Morgan fingerprint density at radius 3 is 2.54 bits per heavy atom. The van der Waals surface area contributed by atoms with Crippen LogP contribution in [-0.4, -0.2) is 42.8 Å². The number of amidine groups is 1. The molecule has 2 aromatic rings. The lowest BCUT2D eigenvalue weighted by Gasteiger charge is -2.25. The smallest absolute Gasteiger partial charge is 0.271 e. The molecule has 0 aromatic heterocycles. The Morgan fingerprint density at radius 2 is 1.79 bits per heavy atom. The van der Waals surface area contributed by atoms with Crippen LogP contribution in [0.15, 0.2) is 36.4 Å². The molecule has 0 spiro atoms. The molecule has 1 atom stereocenters. The summed E-state index contributed by atoms with van der Waals surface area (Å²) in [4.78, 5) is 2.30. The van der Waals surface area contributed by atoms with Gasteiger partial charge in [-0.25, -0.2) is 9.48 Å². The van der Waals surface area contributed by atoms with E-state index in [4.69, 9.17) is 9.47 Å². The highest BCUT2D eigenvalue weighted by atomic mass is 16.5. The van der Waals surface area contributed by atoms with Crippen molar-refractivity contribution in [3.05, 3.63) is 53.1 Å². The van der Waals surface area contributed by atoms with Crippen LogP contribution in [0.25, 0.3) is 0 Å². The molecule has 0 amide bonds. The van der Waals surface area contributed by atoms with Crippen LogP contribution < -0.4 is 14.4 Å². The van der Waals surface area contributed by atoms with Crippen LogP contribution in [0.3, 0.4) is 0 Å². The summed E-state index contributed by atoms with van der Waals surface area (Å²) >= 11 is 0. The van der Waals surface area contributed by atoms with E-state index in [0.717, 1.165) is 31.4 Å². The zero-order valence-corrected chi connectivity index (χ0v) is 17.2. The SMILES string of the molecule is COc1ccc([C@@]2(O)CN(c3cc(C)ccc3C)C3=[N+]2CCCC3)cc1OC. The predicted molar refractivity (Wildman–Crippen MR) is 111 cm³/mol. The Bertz CT molecular complexity index is 937. The number of aliphatic hydroxyl groups is 1. The van der Waals surface area contributed by atoms with Crippen molar-refractivity contribution >= 4 is 11.5 Å². The van der Waals surface area contributed by atoms with E-state index in [1.807, 2.05) is 18.2 Å². The largest absolute Gasteiger partial charge is 0.493 e. The molecule has 2 aromatic carbocycles. The Balaban J connectivity index is 1.82. The van der Waals surface area contributed by atoms with Crippen LogP contribution in [-0.2, 0) is 5.72 Å². The fourth-order valence-corrected chi connectivity index (χ4v) is 4.46. The van der Waals surface area contributed by atoms with Gasteiger partial charge in [-0.15, -0.1) is 0 Å². The van der Waals surface area contributed by atoms with Crippen LogP contribution in [0.5, 0.6) is 11.5 Å². The fraction of sp³-hybridized carbons (Fsp3) is 0.435. The number of rotatable bonds is 4. The van der Waals surface area contributed by atoms with Crippen molar-refractivity contribution in [1.29, 1.82) is 0 Å². The van der Waals surface area contributed by atoms with E-state index >= 15 is 0 Å². The highest BCUT2D eigenvalue weighted by molar-refractivity contribution is 5.96. The van der Waals surface area contributed by atoms with Crippen molar-refractivity contribution in [3.8, 4) is 11.5 Å². The van der Waals surface area contributed by atoms with Gasteiger partial charge in [0.25, 0.3) is 11.6 Å². The summed E-state index contributed by atoms with van der Waals surface area (Å²) < 4.78 is 13.0. The maximum Gasteiger partial charge on any atom is 0.271 e. The van der Waals surface area contributed by atoms with Crippen LogP contribution in [0.1, 0.15) is 36.0 Å². The Morgan fingerprint density at radius 1 is 1.00 bits per heavy atom. The first-order valence-electron chi connectivity index (χ1n) is 9.91. The standard InChI is InChI=1S/C23H29N2O3/c1-16-8-9-17(2)19(13-16)24-15-23(26,25-12-6-5-7-22(24)25)18-10-11-20(27-3)21(14-18)28-4/h8-11,13-14,26H,5-7,12,15H2,1-4H3/q+1/t23-/m0/s1. The van der Waals surface area contributed by atoms with Gasteiger partial charge in [0, 0.05) is 12.0 Å². The number of methoxy groups -OCH3 is 2. The summed E-state index contributed by atoms with van der Waals surface area (Å²) in [6, 6.07) is 12.2. The number of anilines is 1. The average Bonchev–Trinajstić information content (AvgIpc) is 3.03. The third kappa shape index (κ3) is 2.94. The van der Waals surface area contributed by atoms with E-state index in [0.29, 0.717) is 18.0 Å². The first-order valence-corrected chi connectivity index (χ1v) is 9.91. The van der Waals surface area contributed by atoms with Gasteiger partial charge in [-0.1, -0.05) is 12.1 Å².